The number of esters is 1. The molecule has 0 aliphatic carbocycles. The molecule has 4 nitrogen and oxygen atoms in total. The Labute approximate surface area is 143 Å². The minimum absolute atomic E-state index is 0.564. The highest BCUT2D eigenvalue weighted by Crippen LogP contribution is 2.49. The van der Waals surface area contributed by atoms with Crippen LogP contribution in [0.2, 0.25) is 0 Å². The second-order valence-electron chi connectivity index (χ2n) is 6.45. The van der Waals surface area contributed by atoms with Gasteiger partial charge in [0.25, 0.3) is 0 Å². The zero-order chi connectivity index (χ0) is 17.8. The molecule has 24 heavy (non-hydrogen) atoms. The van der Waals surface area contributed by atoms with Crippen molar-refractivity contribution in [1.29, 1.82) is 0 Å². The Morgan fingerprint density at radius 1 is 0.917 bits per heavy atom. The summed E-state index contributed by atoms with van der Waals surface area (Å²) in [5, 5.41) is 1.13. The molecule has 0 aliphatic heterocycles. The van der Waals surface area contributed by atoms with Crippen LogP contribution in [0, 0.1) is 0 Å². The highest BCUT2D eigenvalue weighted by atomic mass is 31.2. The summed E-state index contributed by atoms with van der Waals surface area (Å²) in [5.41, 5.74) is -0.688. The molecule has 0 saturated carbocycles. The van der Waals surface area contributed by atoms with E-state index >= 15 is 0 Å². The van der Waals surface area contributed by atoms with Crippen molar-refractivity contribution in [3.05, 3.63) is 60.7 Å². The molecular formula is C19H23O4P. The number of ether oxygens (including phenoxy) is 2. The highest BCUT2D eigenvalue weighted by molar-refractivity contribution is 7.79. The Morgan fingerprint density at radius 3 is 1.67 bits per heavy atom. The minimum Gasteiger partial charge on any atom is -0.458 e. The van der Waals surface area contributed by atoms with Crippen molar-refractivity contribution in [3.63, 3.8) is 0 Å². The summed E-state index contributed by atoms with van der Waals surface area (Å²) in [5.74, 6) is -1.82. The summed E-state index contributed by atoms with van der Waals surface area (Å²) in [6, 6.07) is 17.9. The van der Waals surface area contributed by atoms with Crippen LogP contribution in [0.1, 0.15) is 20.8 Å². The van der Waals surface area contributed by atoms with E-state index in [-0.39, 0.29) is 0 Å². The van der Waals surface area contributed by atoms with Crippen LogP contribution < -0.4 is 10.6 Å². The largest absolute Gasteiger partial charge is 0.458 e. The molecule has 128 valence electrons. The predicted octanol–water partition coefficient (Wildman–Crippen LogP) is 3.31. The van der Waals surface area contributed by atoms with Gasteiger partial charge in [-0.2, -0.15) is 0 Å². The first kappa shape index (κ1) is 18.4. The topological polar surface area (TPSA) is 52.6 Å². The molecule has 0 heterocycles. The fourth-order valence-corrected chi connectivity index (χ4v) is 5.18. The third-order valence-electron chi connectivity index (χ3n) is 3.44. The summed E-state index contributed by atoms with van der Waals surface area (Å²) in [4.78, 5) is 12.7. The first-order chi connectivity index (χ1) is 11.3. The molecule has 5 heteroatoms. The van der Waals surface area contributed by atoms with Gasteiger partial charge in [-0.15, -0.1) is 0 Å². The molecule has 2 aromatic carbocycles. The van der Waals surface area contributed by atoms with E-state index in [1.807, 2.05) is 12.1 Å². The molecule has 1 atom stereocenters. The summed E-state index contributed by atoms with van der Waals surface area (Å²) in [6.07, 6.45) is 0. The molecule has 0 aromatic heterocycles. The van der Waals surface area contributed by atoms with Gasteiger partial charge < -0.3 is 14.0 Å². The van der Waals surface area contributed by atoms with Crippen molar-refractivity contribution in [2.45, 2.75) is 32.2 Å². The third-order valence-corrected chi connectivity index (χ3v) is 6.65. The Balaban J connectivity index is 2.58. The summed E-state index contributed by atoms with van der Waals surface area (Å²) >= 11 is 0. The fraction of sp³-hybridized carbons (Fsp3) is 0.316. The van der Waals surface area contributed by atoms with Gasteiger partial charge in [-0.05, 0) is 20.8 Å². The zero-order valence-corrected chi connectivity index (χ0v) is 15.3. The van der Waals surface area contributed by atoms with E-state index in [0.29, 0.717) is 10.6 Å². The van der Waals surface area contributed by atoms with Crippen molar-refractivity contribution >= 4 is 23.7 Å². The molecule has 0 spiro atoms. The van der Waals surface area contributed by atoms with E-state index in [1.165, 1.54) is 7.11 Å². The lowest BCUT2D eigenvalue weighted by Gasteiger charge is -2.29. The van der Waals surface area contributed by atoms with Crippen LogP contribution in [-0.2, 0) is 18.8 Å². The molecular weight excluding hydrogens is 323 g/mol. The number of carbonyl (C=O) groups is 1. The first-order valence-corrected chi connectivity index (χ1v) is 9.53. The first-order valence-electron chi connectivity index (χ1n) is 7.75. The molecule has 2 rings (SSSR count). The van der Waals surface area contributed by atoms with Crippen LogP contribution in [0.5, 0.6) is 0 Å². The summed E-state index contributed by atoms with van der Waals surface area (Å²) in [6.45, 7) is 5.31. The predicted molar refractivity (Wildman–Crippen MR) is 96.4 cm³/mol. The quantitative estimate of drug-likeness (QED) is 0.616. The second-order valence-corrected chi connectivity index (χ2v) is 9.27. The van der Waals surface area contributed by atoms with Gasteiger partial charge in [0.1, 0.15) is 5.60 Å². The van der Waals surface area contributed by atoms with E-state index in [2.05, 4.69) is 0 Å². The second kappa shape index (κ2) is 7.33. The number of benzene rings is 2. The zero-order valence-electron chi connectivity index (χ0n) is 14.4. The molecule has 2 aromatic rings. The molecule has 0 saturated heterocycles. The molecule has 0 N–H and O–H groups in total. The van der Waals surface area contributed by atoms with Crippen LogP contribution in [-0.4, -0.2) is 24.5 Å². The average molecular weight is 346 g/mol. The SMILES string of the molecule is COC(C(=O)OC(C)(C)C)P(=O)(c1ccccc1)c1ccccc1. The van der Waals surface area contributed by atoms with E-state index in [0.717, 1.165) is 0 Å². The van der Waals surface area contributed by atoms with Crippen molar-refractivity contribution in [2.75, 3.05) is 7.11 Å². The number of rotatable bonds is 5. The van der Waals surface area contributed by atoms with Gasteiger partial charge in [0, 0.05) is 17.7 Å². The number of hydrogen-bond donors (Lipinski definition) is 0. The standard InChI is InChI=1S/C19H23O4P/c1-19(2,3)23-17(20)18(22-4)24(21,15-11-7-5-8-12-15)16-13-9-6-10-14-16/h5-14,18H,1-4H3. The Bertz CT molecular complexity index is 677. The molecule has 0 aliphatic rings. The lowest BCUT2D eigenvalue weighted by Crippen LogP contribution is -2.38. The van der Waals surface area contributed by atoms with Gasteiger partial charge in [-0.1, -0.05) is 60.7 Å². The van der Waals surface area contributed by atoms with Gasteiger partial charge in [0.2, 0.25) is 5.85 Å². The van der Waals surface area contributed by atoms with E-state index in [1.54, 1.807) is 69.3 Å². The minimum atomic E-state index is -3.37. The van der Waals surface area contributed by atoms with E-state index in [9.17, 15) is 9.36 Å². The lowest BCUT2D eigenvalue weighted by molar-refractivity contribution is -0.161. The van der Waals surface area contributed by atoms with Gasteiger partial charge >= 0.3 is 5.97 Å². The maximum atomic E-state index is 14.0. The third kappa shape index (κ3) is 3.95. The number of hydrogen-bond acceptors (Lipinski definition) is 4. The fourth-order valence-electron chi connectivity index (χ4n) is 2.46. The maximum Gasteiger partial charge on any atom is 0.344 e. The molecule has 0 bridgehead atoms. The van der Waals surface area contributed by atoms with Crippen molar-refractivity contribution < 1.29 is 18.8 Å². The number of methoxy groups -OCH3 is 1. The van der Waals surface area contributed by atoms with E-state index < -0.39 is 24.6 Å². The van der Waals surface area contributed by atoms with Crippen molar-refractivity contribution in [2.24, 2.45) is 0 Å². The van der Waals surface area contributed by atoms with Crippen LogP contribution in [0.4, 0.5) is 0 Å². The Kier molecular flexibility index (Phi) is 5.63. The van der Waals surface area contributed by atoms with Crippen LogP contribution >= 0.6 is 7.14 Å². The van der Waals surface area contributed by atoms with Gasteiger partial charge in [-0.3, -0.25) is 0 Å². The maximum absolute atomic E-state index is 14.0. The summed E-state index contributed by atoms with van der Waals surface area (Å²) < 4.78 is 24.9. The Hall–Kier alpha value is -1.90. The van der Waals surface area contributed by atoms with Gasteiger partial charge in [-0.25, -0.2) is 4.79 Å². The lowest BCUT2D eigenvalue weighted by atomic mass is 10.2. The average Bonchev–Trinajstić information content (AvgIpc) is 2.55. The van der Waals surface area contributed by atoms with Crippen molar-refractivity contribution in [1.82, 2.24) is 0 Å². The van der Waals surface area contributed by atoms with Crippen molar-refractivity contribution in [3.8, 4) is 0 Å². The number of carbonyl (C=O) groups excluding carboxylic acids is 1. The van der Waals surface area contributed by atoms with E-state index in [4.69, 9.17) is 9.47 Å². The van der Waals surface area contributed by atoms with Crippen LogP contribution in [0.3, 0.4) is 0 Å². The van der Waals surface area contributed by atoms with Gasteiger partial charge in [0.05, 0.1) is 0 Å². The molecule has 0 amide bonds. The van der Waals surface area contributed by atoms with Gasteiger partial charge in [0.15, 0.2) is 7.14 Å². The monoisotopic (exact) mass is 346 g/mol. The molecule has 0 fully saturated rings. The normalized spacial score (nSPS) is 13.3. The molecule has 0 radical (unpaired) electrons. The highest BCUT2D eigenvalue weighted by Gasteiger charge is 2.43. The summed E-state index contributed by atoms with van der Waals surface area (Å²) in [7, 11) is -1.99. The van der Waals surface area contributed by atoms with Crippen LogP contribution in [0.15, 0.2) is 60.7 Å². The molecule has 1 unspecified atom stereocenters. The smallest absolute Gasteiger partial charge is 0.344 e. The Morgan fingerprint density at radius 2 is 1.33 bits per heavy atom. The van der Waals surface area contributed by atoms with Crippen LogP contribution in [0.25, 0.3) is 0 Å².